The van der Waals surface area contributed by atoms with Gasteiger partial charge in [-0.05, 0) is 49.2 Å². The second kappa shape index (κ2) is 6.60. The van der Waals surface area contributed by atoms with Gasteiger partial charge in [0.25, 0.3) is 0 Å². The van der Waals surface area contributed by atoms with Crippen LogP contribution in [-0.4, -0.2) is 11.1 Å². The van der Waals surface area contributed by atoms with Gasteiger partial charge in [0.05, 0.1) is 16.3 Å². The Morgan fingerprint density at radius 3 is 1.94 bits per heavy atom. The summed E-state index contributed by atoms with van der Waals surface area (Å²) in [6.07, 6.45) is 0. The summed E-state index contributed by atoms with van der Waals surface area (Å²) >= 11 is 12.3. The monoisotopic (exact) mass is 458 g/mol. The van der Waals surface area contributed by atoms with Crippen molar-refractivity contribution in [1.29, 1.82) is 0 Å². The van der Waals surface area contributed by atoms with Gasteiger partial charge in [-0.25, -0.2) is 9.59 Å². The van der Waals surface area contributed by atoms with Crippen molar-refractivity contribution in [3.05, 3.63) is 77.4 Å². The van der Waals surface area contributed by atoms with Gasteiger partial charge in [-0.3, -0.25) is 4.79 Å². The molecule has 9 heteroatoms. The molecule has 2 aromatic heterocycles. The first-order valence-electron chi connectivity index (χ1n) is 9.11. The fourth-order valence-corrected chi connectivity index (χ4v) is 4.11. The van der Waals surface area contributed by atoms with Crippen molar-refractivity contribution in [2.75, 3.05) is 0 Å². The average molecular weight is 459 g/mol. The maximum Gasteiger partial charge on any atom is 0.344 e. The third-order valence-corrected chi connectivity index (χ3v) is 6.20. The molecule has 0 amide bonds. The highest BCUT2D eigenvalue weighted by molar-refractivity contribution is 6.32. The second-order valence-corrected chi connectivity index (χ2v) is 8.15. The molecular formula is C22H12Cl2O7. The standard InChI is InChI=1S/C22H12Cl2O7/c1-7-3-13-9(5-11(7)23)18(25)16(21(27)29-13)15-17-19(31-20(15)26)10-6-12(24)8(2)4-14(10)30-22(17)28/h3-6,15,25H,1-2H3. The molecule has 1 aliphatic rings. The van der Waals surface area contributed by atoms with Crippen LogP contribution in [-0.2, 0) is 4.79 Å². The molecule has 7 nitrogen and oxygen atoms in total. The lowest BCUT2D eigenvalue weighted by molar-refractivity contribution is -0.133. The van der Waals surface area contributed by atoms with Crippen LogP contribution in [0.4, 0.5) is 0 Å². The number of carbonyl (C=O) groups is 1. The zero-order valence-corrected chi connectivity index (χ0v) is 17.6. The molecule has 156 valence electrons. The molecule has 0 fully saturated rings. The lowest BCUT2D eigenvalue weighted by Crippen LogP contribution is -2.22. The Morgan fingerprint density at radius 2 is 1.32 bits per heavy atom. The van der Waals surface area contributed by atoms with E-state index in [1.165, 1.54) is 18.2 Å². The van der Waals surface area contributed by atoms with Crippen molar-refractivity contribution in [1.82, 2.24) is 0 Å². The highest BCUT2D eigenvalue weighted by Crippen LogP contribution is 2.45. The van der Waals surface area contributed by atoms with Crippen LogP contribution < -0.4 is 16.0 Å². The van der Waals surface area contributed by atoms with E-state index in [1.807, 2.05) is 0 Å². The van der Waals surface area contributed by atoms with E-state index in [9.17, 15) is 19.5 Å². The van der Waals surface area contributed by atoms with E-state index in [0.29, 0.717) is 26.6 Å². The van der Waals surface area contributed by atoms with Gasteiger partial charge in [0, 0.05) is 10.0 Å². The van der Waals surface area contributed by atoms with Crippen molar-refractivity contribution >= 4 is 51.1 Å². The van der Waals surface area contributed by atoms with E-state index in [4.69, 9.17) is 36.8 Å². The molecule has 1 N–H and O–H groups in total. The molecule has 0 spiro atoms. The van der Waals surface area contributed by atoms with Gasteiger partial charge in [0.15, 0.2) is 5.75 Å². The molecule has 4 aromatic rings. The number of aryl methyl sites for hydroxylation is 2. The van der Waals surface area contributed by atoms with Gasteiger partial charge in [-0.15, -0.1) is 0 Å². The molecule has 0 bridgehead atoms. The van der Waals surface area contributed by atoms with Crippen molar-refractivity contribution in [2.45, 2.75) is 19.8 Å². The first-order valence-corrected chi connectivity index (χ1v) is 9.87. The second-order valence-electron chi connectivity index (χ2n) is 7.33. The van der Waals surface area contributed by atoms with Crippen molar-refractivity contribution < 1.29 is 23.5 Å². The zero-order chi connectivity index (χ0) is 22.2. The summed E-state index contributed by atoms with van der Waals surface area (Å²) in [5.74, 6) is -3.04. The summed E-state index contributed by atoms with van der Waals surface area (Å²) in [5, 5.41) is 12.0. The van der Waals surface area contributed by atoms with Gasteiger partial charge in [0.1, 0.15) is 28.4 Å². The zero-order valence-electron chi connectivity index (χ0n) is 16.0. The molecule has 0 aliphatic carbocycles. The van der Waals surface area contributed by atoms with Gasteiger partial charge in [-0.1, -0.05) is 23.2 Å². The minimum Gasteiger partial charge on any atom is -0.507 e. The lowest BCUT2D eigenvalue weighted by atomic mass is 9.92. The number of halogens is 2. The molecule has 1 aliphatic heterocycles. The maximum absolute atomic E-state index is 12.8. The number of hydrogen-bond acceptors (Lipinski definition) is 7. The molecule has 0 saturated heterocycles. The molecule has 0 radical (unpaired) electrons. The summed E-state index contributed by atoms with van der Waals surface area (Å²) in [6, 6.07) is 5.97. The van der Waals surface area contributed by atoms with Gasteiger partial charge in [0.2, 0.25) is 0 Å². The molecule has 2 aromatic carbocycles. The summed E-state index contributed by atoms with van der Waals surface area (Å²) in [6.45, 7) is 3.44. The number of carbonyl (C=O) groups excluding carboxylic acids is 1. The summed E-state index contributed by atoms with van der Waals surface area (Å²) in [4.78, 5) is 38.3. The lowest BCUT2D eigenvalue weighted by Gasteiger charge is -2.11. The minimum atomic E-state index is -1.53. The van der Waals surface area contributed by atoms with Crippen LogP contribution in [0.15, 0.2) is 42.7 Å². The fraction of sp³-hybridized carbons (Fsp3) is 0.136. The van der Waals surface area contributed by atoms with Crippen LogP contribution in [0, 0.1) is 13.8 Å². The summed E-state index contributed by atoms with van der Waals surface area (Å²) in [5.41, 5.74) is -0.932. The number of ether oxygens (including phenoxy) is 1. The highest BCUT2D eigenvalue weighted by atomic mass is 35.5. The molecule has 3 heterocycles. The third kappa shape index (κ3) is 2.77. The van der Waals surface area contributed by atoms with Crippen LogP contribution in [0.5, 0.6) is 11.5 Å². The Kier molecular flexibility index (Phi) is 4.19. The fourth-order valence-electron chi connectivity index (χ4n) is 3.78. The maximum atomic E-state index is 12.8. The SMILES string of the molecule is Cc1cc2oc(=O)c(C3C(=O)Oc4c3c(=O)oc3cc(C)c(Cl)cc43)c(O)c2cc1Cl. The first kappa shape index (κ1) is 19.7. The molecular weight excluding hydrogens is 447 g/mol. The molecule has 31 heavy (non-hydrogen) atoms. The number of rotatable bonds is 1. The van der Waals surface area contributed by atoms with Crippen molar-refractivity contribution in [2.24, 2.45) is 0 Å². The van der Waals surface area contributed by atoms with E-state index >= 15 is 0 Å². The topological polar surface area (TPSA) is 107 Å². The Hall–Kier alpha value is -3.29. The van der Waals surface area contributed by atoms with Crippen LogP contribution in [0.1, 0.15) is 28.2 Å². The largest absolute Gasteiger partial charge is 0.507 e. The van der Waals surface area contributed by atoms with E-state index in [0.717, 1.165) is 0 Å². The summed E-state index contributed by atoms with van der Waals surface area (Å²) < 4.78 is 16.0. The minimum absolute atomic E-state index is 0.0658. The number of fused-ring (bicyclic) bond motifs is 4. The smallest absolute Gasteiger partial charge is 0.344 e. The number of esters is 1. The summed E-state index contributed by atoms with van der Waals surface area (Å²) in [7, 11) is 0. The normalized spacial score (nSPS) is 15.5. The number of benzene rings is 2. The number of hydrogen-bond donors (Lipinski definition) is 1. The van der Waals surface area contributed by atoms with Crippen LogP contribution in [0.3, 0.4) is 0 Å². The van der Waals surface area contributed by atoms with Crippen molar-refractivity contribution in [3.8, 4) is 11.5 Å². The molecule has 5 rings (SSSR count). The molecule has 1 unspecified atom stereocenters. The van der Waals surface area contributed by atoms with Gasteiger partial charge >= 0.3 is 17.2 Å². The Morgan fingerprint density at radius 1 is 0.806 bits per heavy atom. The Balaban J connectivity index is 1.84. The van der Waals surface area contributed by atoms with E-state index in [-0.39, 0.29) is 27.9 Å². The average Bonchev–Trinajstić information content (AvgIpc) is 3.03. The highest BCUT2D eigenvalue weighted by Gasteiger charge is 2.43. The Labute approximate surface area is 183 Å². The number of aromatic hydroxyl groups is 1. The van der Waals surface area contributed by atoms with E-state index in [1.54, 1.807) is 19.9 Å². The molecule has 0 saturated carbocycles. The molecule has 1 atom stereocenters. The first-order chi connectivity index (χ1) is 14.7. The van der Waals surface area contributed by atoms with E-state index in [2.05, 4.69) is 0 Å². The van der Waals surface area contributed by atoms with Crippen LogP contribution >= 0.6 is 23.2 Å². The van der Waals surface area contributed by atoms with Crippen molar-refractivity contribution in [3.63, 3.8) is 0 Å². The predicted molar refractivity (Wildman–Crippen MR) is 114 cm³/mol. The van der Waals surface area contributed by atoms with Gasteiger partial charge in [-0.2, -0.15) is 0 Å². The van der Waals surface area contributed by atoms with Gasteiger partial charge < -0.3 is 18.7 Å². The van der Waals surface area contributed by atoms with Crippen LogP contribution in [0.25, 0.3) is 21.9 Å². The quantitative estimate of drug-likeness (QED) is 0.328. The Bertz CT molecular complexity index is 1580. The van der Waals surface area contributed by atoms with Crippen LogP contribution in [0.2, 0.25) is 10.0 Å². The third-order valence-electron chi connectivity index (χ3n) is 5.38. The van der Waals surface area contributed by atoms with E-state index < -0.39 is 34.5 Å². The predicted octanol–water partition coefficient (Wildman–Crippen LogP) is 4.58.